The van der Waals surface area contributed by atoms with E-state index in [0.717, 1.165) is 6.54 Å². The number of rotatable bonds is 3. The molecular formula is C17H18N2. The Bertz CT molecular complexity index is 695. The number of aromatic nitrogens is 1. The lowest BCUT2D eigenvalue weighted by atomic mass is 10.0. The molecule has 0 bridgehead atoms. The SMILES string of the molecule is CN(C)Cc1cccc(-c2ccc3[nH]ccc3c2)c1. The Morgan fingerprint density at radius 1 is 0.947 bits per heavy atom. The van der Waals surface area contributed by atoms with Crippen molar-refractivity contribution in [3.63, 3.8) is 0 Å². The molecule has 1 heterocycles. The second-order valence-corrected chi connectivity index (χ2v) is 5.22. The van der Waals surface area contributed by atoms with Crippen LogP contribution in [0.1, 0.15) is 5.56 Å². The van der Waals surface area contributed by atoms with Crippen LogP contribution in [0.15, 0.2) is 54.7 Å². The average molecular weight is 250 g/mol. The molecule has 1 aromatic heterocycles. The van der Waals surface area contributed by atoms with Crippen LogP contribution >= 0.6 is 0 Å². The lowest BCUT2D eigenvalue weighted by Gasteiger charge is -2.11. The van der Waals surface area contributed by atoms with Crippen LogP contribution < -0.4 is 0 Å². The van der Waals surface area contributed by atoms with E-state index in [4.69, 9.17) is 0 Å². The Morgan fingerprint density at radius 2 is 1.79 bits per heavy atom. The van der Waals surface area contributed by atoms with E-state index in [-0.39, 0.29) is 0 Å². The number of H-pyrrole nitrogens is 1. The van der Waals surface area contributed by atoms with Gasteiger partial charge in [0.25, 0.3) is 0 Å². The molecule has 0 saturated carbocycles. The normalized spacial score (nSPS) is 11.3. The number of hydrogen-bond donors (Lipinski definition) is 1. The van der Waals surface area contributed by atoms with Gasteiger partial charge in [0.05, 0.1) is 0 Å². The molecule has 0 atom stereocenters. The minimum Gasteiger partial charge on any atom is -0.361 e. The third kappa shape index (κ3) is 2.54. The lowest BCUT2D eigenvalue weighted by Crippen LogP contribution is -2.10. The van der Waals surface area contributed by atoms with Crippen molar-refractivity contribution in [3.05, 3.63) is 60.3 Å². The second-order valence-electron chi connectivity index (χ2n) is 5.22. The average Bonchev–Trinajstić information content (AvgIpc) is 2.85. The van der Waals surface area contributed by atoms with Gasteiger partial charge in [-0.3, -0.25) is 0 Å². The summed E-state index contributed by atoms with van der Waals surface area (Å²) in [6, 6.07) is 17.4. The van der Waals surface area contributed by atoms with Gasteiger partial charge in [0, 0.05) is 18.3 Å². The molecule has 2 nitrogen and oxygen atoms in total. The number of aromatic amines is 1. The summed E-state index contributed by atoms with van der Waals surface area (Å²) in [7, 11) is 4.19. The van der Waals surface area contributed by atoms with E-state index in [2.05, 4.69) is 72.5 Å². The van der Waals surface area contributed by atoms with E-state index in [0.29, 0.717) is 0 Å². The molecule has 0 saturated heterocycles. The highest BCUT2D eigenvalue weighted by molar-refractivity contribution is 5.85. The highest BCUT2D eigenvalue weighted by atomic mass is 15.0. The summed E-state index contributed by atoms with van der Waals surface area (Å²) in [5.41, 5.74) is 5.08. The van der Waals surface area contributed by atoms with Gasteiger partial charge in [0.15, 0.2) is 0 Å². The first-order valence-corrected chi connectivity index (χ1v) is 6.53. The van der Waals surface area contributed by atoms with Crippen molar-refractivity contribution in [2.45, 2.75) is 6.54 Å². The summed E-state index contributed by atoms with van der Waals surface area (Å²) in [6.45, 7) is 0.972. The number of nitrogens with one attached hydrogen (secondary N) is 1. The van der Waals surface area contributed by atoms with Gasteiger partial charge in [-0.2, -0.15) is 0 Å². The van der Waals surface area contributed by atoms with Gasteiger partial charge in [0.1, 0.15) is 0 Å². The van der Waals surface area contributed by atoms with Crippen LogP contribution in [0.3, 0.4) is 0 Å². The van der Waals surface area contributed by atoms with Crippen molar-refractivity contribution in [2.75, 3.05) is 14.1 Å². The first kappa shape index (κ1) is 12.0. The van der Waals surface area contributed by atoms with Gasteiger partial charge < -0.3 is 9.88 Å². The highest BCUT2D eigenvalue weighted by Crippen LogP contribution is 2.24. The summed E-state index contributed by atoms with van der Waals surface area (Å²) in [5, 5.41) is 1.26. The van der Waals surface area contributed by atoms with Crippen molar-refractivity contribution >= 4 is 10.9 Å². The second kappa shape index (κ2) is 4.90. The lowest BCUT2D eigenvalue weighted by molar-refractivity contribution is 0.402. The Hall–Kier alpha value is -2.06. The van der Waals surface area contributed by atoms with Crippen LogP contribution in [0.25, 0.3) is 22.0 Å². The predicted molar refractivity (Wildman–Crippen MR) is 81.1 cm³/mol. The Kier molecular flexibility index (Phi) is 3.10. The third-order valence-electron chi connectivity index (χ3n) is 3.31. The fourth-order valence-corrected chi connectivity index (χ4v) is 2.45. The molecule has 19 heavy (non-hydrogen) atoms. The minimum atomic E-state index is 0.972. The molecule has 0 aliphatic heterocycles. The molecule has 0 amide bonds. The summed E-state index contributed by atoms with van der Waals surface area (Å²) < 4.78 is 0. The van der Waals surface area contributed by atoms with E-state index in [9.17, 15) is 0 Å². The maximum Gasteiger partial charge on any atom is 0.0454 e. The zero-order chi connectivity index (χ0) is 13.2. The van der Waals surface area contributed by atoms with Gasteiger partial charge in [-0.1, -0.05) is 24.3 Å². The molecule has 0 radical (unpaired) electrons. The van der Waals surface area contributed by atoms with E-state index < -0.39 is 0 Å². The molecule has 0 fully saturated rings. The summed E-state index contributed by atoms with van der Waals surface area (Å²) >= 11 is 0. The standard InChI is InChI=1S/C17H18N2/c1-19(2)12-13-4-3-5-14(10-13)15-6-7-17-16(11-15)8-9-18-17/h3-11,18H,12H2,1-2H3. The quantitative estimate of drug-likeness (QED) is 0.747. The van der Waals surface area contributed by atoms with Crippen LogP contribution in [-0.4, -0.2) is 24.0 Å². The van der Waals surface area contributed by atoms with Crippen molar-refractivity contribution < 1.29 is 0 Å². The van der Waals surface area contributed by atoms with Gasteiger partial charge in [0.2, 0.25) is 0 Å². The van der Waals surface area contributed by atoms with Crippen LogP contribution in [0.5, 0.6) is 0 Å². The summed E-state index contributed by atoms with van der Waals surface area (Å²) in [6.07, 6.45) is 1.98. The molecule has 0 spiro atoms. The molecule has 1 N–H and O–H groups in total. The minimum absolute atomic E-state index is 0.972. The molecule has 96 valence electrons. The molecule has 3 aromatic rings. The van der Waals surface area contributed by atoms with E-state index in [1.54, 1.807) is 0 Å². The zero-order valence-corrected chi connectivity index (χ0v) is 11.4. The van der Waals surface area contributed by atoms with Gasteiger partial charge in [-0.25, -0.2) is 0 Å². The Morgan fingerprint density at radius 3 is 2.63 bits per heavy atom. The molecular weight excluding hydrogens is 232 g/mol. The van der Waals surface area contributed by atoms with Gasteiger partial charge in [-0.05, 0) is 60.4 Å². The zero-order valence-electron chi connectivity index (χ0n) is 11.4. The van der Waals surface area contributed by atoms with Gasteiger partial charge in [-0.15, -0.1) is 0 Å². The summed E-state index contributed by atoms with van der Waals surface area (Å²) in [4.78, 5) is 5.42. The largest absolute Gasteiger partial charge is 0.361 e. The fourth-order valence-electron chi connectivity index (χ4n) is 2.45. The van der Waals surface area contributed by atoms with Crippen molar-refractivity contribution in [1.82, 2.24) is 9.88 Å². The number of hydrogen-bond acceptors (Lipinski definition) is 1. The molecule has 0 aliphatic rings. The Labute approximate surface area is 113 Å². The highest BCUT2D eigenvalue weighted by Gasteiger charge is 2.02. The topological polar surface area (TPSA) is 19.0 Å². The smallest absolute Gasteiger partial charge is 0.0454 e. The third-order valence-corrected chi connectivity index (χ3v) is 3.31. The van der Waals surface area contributed by atoms with E-state index >= 15 is 0 Å². The van der Waals surface area contributed by atoms with Crippen LogP contribution in [-0.2, 0) is 6.54 Å². The predicted octanol–water partition coefficient (Wildman–Crippen LogP) is 3.90. The van der Waals surface area contributed by atoms with Crippen LogP contribution in [0.2, 0.25) is 0 Å². The molecule has 2 heteroatoms. The van der Waals surface area contributed by atoms with Crippen molar-refractivity contribution in [1.29, 1.82) is 0 Å². The molecule has 0 aliphatic carbocycles. The monoisotopic (exact) mass is 250 g/mol. The van der Waals surface area contributed by atoms with Crippen LogP contribution in [0, 0.1) is 0 Å². The molecule has 2 aromatic carbocycles. The van der Waals surface area contributed by atoms with Crippen LogP contribution in [0.4, 0.5) is 0 Å². The first-order chi connectivity index (χ1) is 9.22. The number of benzene rings is 2. The maximum absolute atomic E-state index is 3.23. The van der Waals surface area contributed by atoms with E-state index in [1.165, 1.54) is 27.6 Å². The van der Waals surface area contributed by atoms with Crippen molar-refractivity contribution in [2.24, 2.45) is 0 Å². The molecule has 3 rings (SSSR count). The summed E-state index contributed by atoms with van der Waals surface area (Å²) in [5.74, 6) is 0. The van der Waals surface area contributed by atoms with Gasteiger partial charge >= 0.3 is 0 Å². The first-order valence-electron chi connectivity index (χ1n) is 6.53. The fraction of sp³-hybridized carbons (Fsp3) is 0.176. The number of fused-ring (bicyclic) bond motifs is 1. The molecule has 0 unspecified atom stereocenters. The van der Waals surface area contributed by atoms with Crippen molar-refractivity contribution in [3.8, 4) is 11.1 Å². The number of nitrogens with zero attached hydrogens (tertiary/aromatic N) is 1. The van der Waals surface area contributed by atoms with E-state index in [1.807, 2.05) is 6.20 Å². The Balaban J connectivity index is 2.00. The maximum atomic E-state index is 3.23.